The fraction of sp³-hybridized carbons (Fsp3) is 0.562. The highest BCUT2D eigenvalue weighted by Gasteiger charge is 2.15. The number of benzene rings is 1. The molecule has 106 valence electrons. The van der Waals surface area contributed by atoms with Crippen LogP contribution in [0.4, 0.5) is 0 Å². The Bertz CT molecular complexity index is 371. The van der Waals surface area contributed by atoms with E-state index >= 15 is 0 Å². The van der Waals surface area contributed by atoms with Gasteiger partial charge in [-0.25, -0.2) is 0 Å². The van der Waals surface area contributed by atoms with E-state index in [2.05, 4.69) is 18.2 Å². The van der Waals surface area contributed by atoms with Crippen molar-refractivity contribution in [2.75, 3.05) is 21.2 Å². The van der Waals surface area contributed by atoms with Crippen molar-refractivity contribution in [3.05, 3.63) is 29.8 Å². The smallest absolute Gasteiger partial charge is 0.209 e. The molecule has 1 amide bonds. The Hall–Kier alpha value is -1.51. The highest BCUT2D eigenvalue weighted by molar-refractivity contribution is 5.45. The van der Waals surface area contributed by atoms with Gasteiger partial charge in [0.05, 0.1) is 7.11 Å². The van der Waals surface area contributed by atoms with Crippen molar-refractivity contribution in [2.45, 2.75) is 38.0 Å². The van der Waals surface area contributed by atoms with Gasteiger partial charge in [0.25, 0.3) is 0 Å². The van der Waals surface area contributed by atoms with Crippen LogP contribution in [0.25, 0.3) is 0 Å². The summed E-state index contributed by atoms with van der Waals surface area (Å²) >= 11 is 0. The van der Waals surface area contributed by atoms with Gasteiger partial charge in [0.2, 0.25) is 6.41 Å². The number of carbonyl (C=O) groups is 1. The number of rotatable bonds is 3. The zero-order chi connectivity index (χ0) is 14.1. The molecular formula is C16H25NO2. The number of nitrogens with zero attached hydrogens (tertiary/aromatic N) is 1. The zero-order valence-corrected chi connectivity index (χ0v) is 12.3. The molecule has 0 bridgehead atoms. The summed E-state index contributed by atoms with van der Waals surface area (Å²) in [5, 5.41) is 0. The van der Waals surface area contributed by atoms with E-state index < -0.39 is 0 Å². The van der Waals surface area contributed by atoms with Crippen molar-refractivity contribution in [1.29, 1.82) is 0 Å². The number of hydrogen-bond acceptors (Lipinski definition) is 2. The van der Waals surface area contributed by atoms with Gasteiger partial charge < -0.3 is 9.64 Å². The Morgan fingerprint density at radius 1 is 1.21 bits per heavy atom. The van der Waals surface area contributed by atoms with E-state index in [0.29, 0.717) is 0 Å². The largest absolute Gasteiger partial charge is 0.497 e. The highest BCUT2D eigenvalue weighted by atomic mass is 16.5. The van der Waals surface area contributed by atoms with E-state index in [1.165, 1.54) is 42.6 Å². The predicted molar refractivity (Wildman–Crippen MR) is 78.6 cm³/mol. The minimum Gasteiger partial charge on any atom is -0.497 e. The number of ether oxygens (including phenoxy) is 1. The Morgan fingerprint density at radius 2 is 1.84 bits per heavy atom. The highest BCUT2D eigenvalue weighted by Crippen LogP contribution is 2.33. The monoisotopic (exact) mass is 263 g/mol. The molecule has 0 aliphatic heterocycles. The van der Waals surface area contributed by atoms with Gasteiger partial charge in [-0.2, -0.15) is 0 Å². The van der Waals surface area contributed by atoms with Crippen LogP contribution in [0.3, 0.4) is 0 Å². The van der Waals surface area contributed by atoms with E-state index in [9.17, 15) is 4.79 Å². The van der Waals surface area contributed by atoms with E-state index in [0.717, 1.165) is 18.1 Å². The van der Waals surface area contributed by atoms with Crippen LogP contribution < -0.4 is 4.74 Å². The third kappa shape index (κ3) is 5.77. The molecule has 0 aromatic heterocycles. The van der Waals surface area contributed by atoms with E-state index in [4.69, 9.17) is 4.74 Å². The maximum Gasteiger partial charge on any atom is 0.209 e. The molecule has 0 heterocycles. The standard InChI is InChI=1S/C13H18O.C3H7NO/c1-14-13-9-5-8-12(10-13)11-6-3-2-4-7-11;1-4(2)3-5/h5,8-11H,2-4,6-7H2,1H3;3H,1-2H3. The molecule has 0 radical (unpaired) electrons. The maximum absolute atomic E-state index is 9.43. The second kappa shape index (κ2) is 8.57. The summed E-state index contributed by atoms with van der Waals surface area (Å²) in [7, 11) is 5.11. The molecule has 0 spiro atoms. The summed E-state index contributed by atoms with van der Waals surface area (Å²) in [5.41, 5.74) is 1.46. The fourth-order valence-corrected chi connectivity index (χ4v) is 2.33. The van der Waals surface area contributed by atoms with Gasteiger partial charge in [-0.05, 0) is 36.5 Å². The first-order chi connectivity index (χ1) is 9.17. The number of methoxy groups -OCH3 is 1. The minimum atomic E-state index is 0.750. The summed E-state index contributed by atoms with van der Waals surface area (Å²) < 4.78 is 5.25. The second-order valence-corrected chi connectivity index (χ2v) is 5.18. The van der Waals surface area contributed by atoms with Crippen LogP contribution in [0.15, 0.2) is 24.3 Å². The summed E-state index contributed by atoms with van der Waals surface area (Å²) in [5.74, 6) is 1.77. The van der Waals surface area contributed by atoms with Gasteiger partial charge in [0.1, 0.15) is 5.75 Å². The summed E-state index contributed by atoms with van der Waals surface area (Å²) in [6.07, 6.45) is 7.66. The van der Waals surface area contributed by atoms with Crippen molar-refractivity contribution in [3.63, 3.8) is 0 Å². The minimum absolute atomic E-state index is 0.750. The number of hydrogen-bond donors (Lipinski definition) is 0. The van der Waals surface area contributed by atoms with E-state index in [1.807, 2.05) is 6.07 Å². The second-order valence-electron chi connectivity index (χ2n) is 5.18. The lowest BCUT2D eigenvalue weighted by Gasteiger charge is -2.22. The van der Waals surface area contributed by atoms with Crippen LogP contribution in [0.5, 0.6) is 5.75 Å². The Labute approximate surface area is 116 Å². The van der Waals surface area contributed by atoms with Gasteiger partial charge >= 0.3 is 0 Å². The lowest BCUT2D eigenvalue weighted by Crippen LogP contribution is -2.06. The third-order valence-electron chi connectivity index (χ3n) is 3.38. The van der Waals surface area contributed by atoms with Gasteiger partial charge in [-0.15, -0.1) is 0 Å². The first-order valence-electron chi connectivity index (χ1n) is 6.93. The molecule has 2 rings (SSSR count). The maximum atomic E-state index is 9.43. The molecule has 0 saturated heterocycles. The van der Waals surface area contributed by atoms with Gasteiger partial charge in [0.15, 0.2) is 0 Å². The zero-order valence-electron chi connectivity index (χ0n) is 12.3. The fourth-order valence-electron chi connectivity index (χ4n) is 2.33. The molecular weight excluding hydrogens is 238 g/mol. The van der Waals surface area contributed by atoms with Crippen LogP contribution in [-0.2, 0) is 4.79 Å². The molecule has 0 unspecified atom stereocenters. The Balaban J connectivity index is 0.000000312. The number of carbonyl (C=O) groups excluding carboxylic acids is 1. The average molecular weight is 263 g/mol. The molecule has 1 aliphatic rings. The van der Waals surface area contributed by atoms with Gasteiger partial charge in [-0.3, -0.25) is 4.79 Å². The van der Waals surface area contributed by atoms with Gasteiger partial charge in [0, 0.05) is 14.1 Å². The Morgan fingerprint density at radius 3 is 2.37 bits per heavy atom. The molecule has 1 aliphatic carbocycles. The van der Waals surface area contributed by atoms with Crippen molar-refractivity contribution >= 4 is 6.41 Å². The normalized spacial score (nSPS) is 15.1. The SMILES string of the molecule is CN(C)C=O.COc1cccc(C2CCCCC2)c1. The lowest BCUT2D eigenvalue weighted by molar-refractivity contribution is -0.115. The molecule has 3 heteroatoms. The quantitative estimate of drug-likeness (QED) is 0.782. The molecule has 1 saturated carbocycles. The van der Waals surface area contributed by atoms with Crippen molar-refractivity contribution < 1.29 is 9.53 Å². The summed E-state index contributed by atoms with van der Waals surface area (Å²) in [6, 6.07) is 8.55. The third-order valence-corrected chi connectivity index (χ3v) is 3.38. The van der Waals surface area contributed by atoms with Crippen LogP contribution in [0.2, 0.25) is 0 Å². The van der Waals surface area contributed by atoms with Crippen LogP contribution in [0, 0.1) is 0 Å². The van der Waals surface area contributed by atoms with Crippen molar-refractivity contribution in [3.8, 4) is 5.75 Å². The topological polar surface area (TPSA) is 29.5 Å². The van der Waals surface area contributed by atoms with Crippen LogP contribution >= 0.6 is 0 Å². The van der Waals surface area contributed by atoms with Crippen molar-refractivity contribution in [1.82, 2.24) is 4.90 Å². The van der Waals surface area contributed by atoms with Gasteiger partial charge in [-0.1, -0.05) is 31.4 Å². The number of amides is 1. The lowest BCUT2D eigenvalue weighted by atomic mass is 9.84. The van der Waals surface area contributed by atoms with E-state index in [-0.39, 0.29) is 0 Å². The van der Waals surface area contributed by atoms with Crippen LogP contribution in [-0.4, -0.2) is 32.5 Å². The molecule has 1 fully saturated rings. The first-order valence-corrected chi connectivity index (χ1v) is 6.93. The molecule has 0 atom stereocenters. The van der Waals surface area contributed by atoms with E-state index in [1.54, 1.807) is 21.2 Å². The summed E-state index contributed by atoms with van der Waals surface area (Å²) in [4.78, 5) is 10.9. The average Bonchev–Trinajstić information content (AvgIpc) is 2.49. The van der Waals surface area contributed by atoms with Crippen molar-refractivity contribution in [2.24, 2.45) is 0 Å². The molecule has 0 N–H and O–H groups in total. The molecule has 1 aromatic rings. The van der Waals surface area contributed by atoms with Crippen LogP contribution in [0.1, 0.15) is 43.6 Å². The molecule has 19 heavy (non-hydrogen) atoms. The first kappa shape index (κ1) is 15.5. The molecule has 1 aromatic carbocycles. The predicted octanol–water partition coefficient (Wildman–Crippen LogP) is 3.45. The Kier molecular flexibility index (Phi) is 7.01. The molecule has 3 nitrogen and oxygen atoms in total. The summed E-state index contributed by atoms with van der Waals surface area (Å²) in [6.45, 7) is 0.